The van der Waals surface area contributed by atoms with Crippen LogP contribution >= 0.6 is 0 Å². The predicted molar refractivity (Wildman–Crippen MR) is 86.2 cm³/mol. The number of urea groups is 1. The van der Waals surface area contributed by atoms with Gasteiger partial charge in [0.2, 0.25) is 0 Å². The molecule has 1 aromatic rings. The number of ether oxygens (including phenoxy) is 2. The van der Waals surface area contributed by atoms with Gasteiger partial charge < -0.3 is 20.1 Å². The van der Waals surface area contributed by atoms with Crippen LogP contribution in [0.3, 0.4) is 0 Å². The summed E-state index contributed by atoms with van der Waals surface area (Å²) in [5.74, 6) is 1.37. The molecule has 5 heteroatoms. The molecule has 22 heavy (non-hydrogen) atoms. The molecule has 1 heterocycles. The molecule has 1 saturated heterocycles. The lowest BCUT2D eigenvalue weighted by atomic mass is 9.96. The molecule has 0 aliphatic carbocycles. The van der Waals surface area contributed by atoms with Crippen LogP contribution in [0.1, 0.15) is 25.3 Å². The Morgan fingerprint density at radius 3 is 2.77 bits per heavy atom. The summed E-state index contributed by atoms with van der Waals surface area (Å²) in [4.78, 5) is 11.8. The second kappa shape index (κ2) is 8.63. The second-order valence-electron chi connectivity index (χ2n) is 5.81. The SMILES string of the molecule is COc1ccc(CCNC(=O)NC[C@@H]2CCO[C@H](C)C2)cc1. The summed E-state index contributed by atoms with van der Waals surface area (Å²) in [7, 11) is 1.65. The molecule has 2 N–H and O–H groups in total. The van der Waals surface area contributed by atoms with E-state index in [-0.39, 0.29) is 6.03 Å². The summed E-state index contributed by atoms with van der Waals surface area (Å²) in [5, 5.41) is 5.85. The first kappa shape index (κ1) is 16.6. The zero-order chi connectivity index (χ0) is 15.8. The molecule has 2 amide bonds. The van der Waals surface area contributed by atoms with Crippen molar-refractivity contribution in [2.24, 2.45) is 5.92 Å². The number of benzene rings is 1. The van der Waals surface area contributed by atoms with Crippen molar-refractivity contribution in [1.82, 2.24) is 10.6 Å². The van der Waals surface area contributed by atoms with Crippen molar-refractivity contribution in [3.05, 3.63) is 29.8 Å². The van der Waals surface area contributed by atoms with Crippen LogP contribution in [0.5, 0.6) is 5.75 Å². The molecule has 1 aliphatic heterocycles. The molecule has 0 spiro atoms. The van der Waals surface area contributed by atoms with E-state index in [2.05, 4.69) is 17.6 Å². The monoisotopic (exact) mass is 306 g/mol. The molecule has 0 radical (unpaired) electrons. The average Bonchev–Trinajstić information content (AvgIpc) is 2.54. The molecule has 5 nitrogen and oxygen atoms in total. The van der Waals surface area contributed by atoms with E-state index >= 15 is 0 Å². The van der Waals surface area contributed by atoms with E-state index in [9.17, 15) is 4.79 Å². The van der Waals surface area contributed by atoms with E-state index in [1.165, 1.54) is 5.56 Å². The molecule has 1 fully saturated rings. The number of hydrogen-bond acceptors (Lipinski definition) is 3. The Labute approximate surface area is 132 Å². The highest BCUT2D eigenvalue weighted by Gasteiger charge is 2.19. The van der Waals surface area contributed by atoms with E-state index in [0.29, 0.717) is 18.6 Å². The van der Waals surface area contributed by atoms with E-state index in [1.807, 2.05) is 24.3 Å². The minimum atomic E-state index is -0.0901. The summed E-state index contributed by atoms with van der Waals surface area (Å²) >= 11 is 0. The van der Waals surface area contributed by atoms with Gasteiger partial charge in [-0.1, -0.05) is 12.1 Å². The third-order valence-electron chi connectivity index (χ3n) is 4.00. The molecular weight excluding hydrogens is 280 g/mol. The number of nitrogens with one attached hydrogen (secondary N) is 2. The highest BCUT2D eigenvalue weighted by atomic mass is 16.5. The number of carbonyl (C=O) groups is 1. The van der Waals surface area contributed by atoms with Gasteiger partial charge in [-0.25, -0.2) is 4.79 Å². The summed E-state index contributed by atoms with van der Waals surface area (Å²) in [6.45, 7) is 4.23. The van der Waals surface area contributed by atoms with Gasteiger partial charge >= 0.3 is 6.03 Å². The molecule has 0 saturated carbocycles. The van der Waals surface area contributed by atoms with Crippen molar-refractivity contribution in [3.8, 4) is 5.75 Å². The maximum Gasteiger partial charge on any atom is 0.314 e. The maximum atomic E-state index is 11.8. The maximum absolute atomic E-state index is 11.8. The van der Waals surface area contributed by atoms with Crippen LogP contribution in [0, 0.1) is 5.92 Å². The number of hydrogen-bond donors (Lipinski definition) is 2. The van der Waals surface area contributed by atoms with Gasteiger partial charge in [-0.2, -0.15) is 0 Å². The van der Waals surface area contributed by atoms with Crippen LogP contribution in [-0.4, -0.2) is 38.9 Å². The molecule has 0 bridgehead atoms. The third kappa shape index (κ3) is 5.56. The predicted octanol–water partition coefficient (Wildman–Crippen LogP) is 2.35. The van der Waals surface area contributed by atoms with Crippen molar-refractivity contribution in [2.75, 3.05) is 26.8 Å². The van der Waals surface area contributed by atoms with Gasteiger partial charge in [0.1, 0.15) is 5.75 Å². The minimum Gasteiger partial charge on any atom is -0.497 e. The zero-order valence-corrected chi connectivity index (χ0v) is 13.4. The molecule has 0 unspecified atom stereocenters. The highest BCUT2D eigenvalue weighted by Crippen LogP contribution is 2.18. The van der Waals surface area contributed by atoms with Crippen LogP contribution in [0.25, 0.3) is 0 Å². The van der Waals surface area contributed by atoms with Crippen LogP contribution in [-0.2, 0) is 11.2 Å². The zero-order valence-electron chi connectivity index (χ0n) is 13.4. The summed E-state index contributed by atoms with van der Waals surface area (Å²) in [6.07, 6.45) is 3.16. The molecule has 1 aromatic carbocycles. The Kier molecular flexibility index (Phi) is 6.52. The lowest BCUT2D eigenvalue weighted by Crippen LogP contribution is -2.40. The molecule has 1 aliphatic rings. The van der Waals surface area contributed by atoms with Crippen LogP contribution in [0.15, 0.2) is 24.3 Å². The van der Waals surface area contributed by atoms with Gasteiger partial charge in [-0.15, -0.1) is 0 Å². The van der Waals surface area contributed by atoms with Gasteiger partial charge in [-0.05, 0) is 49.8 Å². The normalized spacial score (nSPS) is 21.2. The fourth-order valence-corrected chi connectivity index (χ4v) is 2.69. The lowest BCUT2D eigenvalue weighted by Gasteiger charge is -2.27. The van der Waals surface area contributed by atoms with Crippen molar-refractivity contribution in [1.29, 1.82) is 0 Å². The van der Waals surface area contributed by atoms with E-state index in [1.54, 1.807) is 7.11 Å². The van der Waals surface area contributed by atoms with Gasteiger partial charge in [0.15, 0.2) is 0 Å². The smallest absolute Gasteiger partial charge is 0.314 e. The molecule has 2 atom stereocenters. The van der Waals surface area contributed by atoms with Crippen molar-refractivity contribution < 1.29 is 14.3 Å². The standard InChI is InChI=1S/C17H26N2O3/c1-13-11-15(8-10-22-13)12-19-17(20)18-9-7-14-3-5-16(21-2)6-4-14/h3-6,13,15H,7-12H2,1-2H3,(H2,18,19,20)/t13-,15-/m1/s1. The minimum absolute atomic E-state index is 0.0901. The topological polar surface area (TPSA) is 59.6 Å². The van der Waals surface area contributed by atoms with Crippen LogP contribution in [0.2, 0.25) is 0 Å². The number of carbonyl (C=O) groups excluding carboxylic acids is 1. The number of amides is 2. The summed E-state index contributed by atoms with van der Waals surface area (Å²) in [6, 6.07) is 7.81. The third-order valence-corrected chi connectivity index (χ3v) is 4.00. The number of methoxy groups -OCH3 is 1. The van der Waals surface area contributed by atoms with Crippen LogP contribution in [0.4, 0.5) is 4.79 Å². The fourth-order valence-electron chi connectivity index (χ4n) is 2.69. The molecular formula is C17H26N2O3. The van der Waals surface area contributed by atoms with Crippen molar-refractivity contribution >= 4 is 6.03 Å². The van der Waals surface area contributed by atoms with Crippen molar-refractivity contribution in [3.63, 3.8) is 0 Å². The van der Waals surface area contributed by atoms with Gasteiger partial charge in [0.05, 0.1) is 13.2 Å². The van der Waals surface area contributed by atoms with Gasteiger partial charge in [-0.3, -0.25) is 0 Å². The quantitative estimate of drug-likeness (QED) is 0.848. The van der Waals surface area contributed by atoms with E-state index < -0.39 is 0 Å². The first-order valence-corrected chi connectivity index (χ1v) is 7.93. The Morgan fingerprint density at radius 1 is 1.32 bits per heavy atom. The van der Waals surface area contributed by atoms with Crippen molar-refractivity contribution in [2.45, 2.75) is 32.3 Å². The van der Waals surface area contributed by atoms with E-state index in [0.717, 1.165) is 38.2 Å². The highest BCUT2D eigenvalue weighted by molar-refractivity contribution is 5.73. The fraction of sp³-hybridized carbons (Fsp3) is 0.588. The summed E-state index contributed by atoms with van der Waals surface area (Å²) in [5.41, 5.74) is 1.18. The lowest BCUT2D eigenvalue weighted by molar-refractivity contribution is 0.00346. The second-order valence-corrected chi connectivity index (χ2v) is 5.81. The van der Waals surface area contributed by atoms with E-state index in [4.69, 9.17) is 9.47 Å². The molecule has 2 rings (SSSR count). The summed E-state index contributed by atoms with van der Waals surface area (Å²) < 4.78 is 10.6. The largest absolute Gasteiger partial charge is 0.497 e. The Balaban J connectivity index is 1.60. The Bertz CT molecular complexity index is 461. The van der Waals surface area contributed by atoms with Crippen LogP contribution < -0.4 is 15.4 Å². The first-order chi connectivity index (χ1) is 10.7. The average molecular weight is 306 g/mol. The first-order valence-electron chi connectivity index (χ1n) is 7.93. The molecule has 122 valence electrons. The van der Waals surface area contributed by atoms with Gasteiger partial charge in [0, 0.05) is 19.7 Å². The Morgan fingerprint density at radius 2 is 2.09 bits per heavy atom. The number of rotatable bonds is 6. The van der Waals surface area contributed by atoms with Gasteiger partial charge in [0.25, 0.3) is 0 Å². The Hall–Kier alpha value is -1.75. The molecule has 0 aromatic heterocycles.